The maximum atomic E-state index is 8.89. The van der Waals surface area contributed by atoms with Crippen molar-refractivity contribution in [3.8, 4) is 6.07 Å². The lowest BCUT2D eigenvalue weighted by Gasteiger charge is -2.36. The van der Waals surface area contributed by atoms with Gasteiger partial charge in [0.25, 0.3) is 0 Å². The van der Waals surface area contributed by atoms with Gasteiger partial charge in [-0.25, -0.2) is 0 Å². The van der Waals surface area contributed by atoms with Crippen LogP contribution in [0.3, 0.4) is 0 Å². The summed E-state index contributed by atoms with van der Waals surface area (Å²) in [6.07, 6.45) is 0.990. The predicted octanol–water partition coefficient (Wildman–Crippen LogP) is 3.64. The summed E-state index contributed by atoms with van der Waals surface area (Å²) >= 11 is 5.63. The van der Waals surface area contributed by atoms with Gasteiger partial charge in [-0.05, 0) is 48.0 Å². The highest BCUT2D eigenvalue weighted by Crippen LogP contribution is 2.17. The molecule has 2 aromatic carbocycles. The molecule has 0 unspecified atom stereocenters. The van der Waals surface area contributed by atoms with Gasteiger partial charge in [0, 0.05) is 38.4 Å². The van der Waals surface area contributed by atoms with Crippen LogP contribution in [0.4, 0.5) is 5.69 Å². The van der Waals surface area contributed by atoms with Gasteiger partial charge in [-0.15, -0.1) is 0 Å². The Bertz CT molecular complexity index is 786. The zero-order chi connectivity index (χ0) is 18.4. The summed E-state index contributed by atoms with van der Waals surface area (Å²) < 4.78 is 0. The minimum Gasteiger partial charge on any atom is -0.346 e. The molecule has 0 bridgehead atoms. The first-order valence-electron chi connectivity index (χ1n) is 9.05. The third-order valence-corrected chi connectivity index (χ3v) is 5.15. The second-order valence-electron chi connectivity index (χ2n) is 6.51. The first-order valence-corrected chi connectivity index (χ1v) is 9.45. The zero-order valence-electron chi connectivity index (χ0n) is 15.1. The number of hydrogen-bond acceptors (Lipinski definition) is 3. The van der Waals surface area contributed by atoms with Crippen LogP contribution in [0.1, 0.15) is 23.6 Å². The Morgan fingerprint density at radius 2 is 1.77 bits per heavy atom. The van der Waals surface area contributed by atoms with E-state index >= 15 is 0 Å². The molecule has 4 nitrogen and oxygen atoms in total. The Morgan fingerprint density at radius 1 is 1.08 bits per heavy atom. The molecule has 1 aliphatic rings. The Labute approximate surface area is 161 Å². The van der Waals surface area contributed by atoms with E-state index in [4.69, 9.17) is 17.5 Å². The van der Waals surface area contributed by atoms with Crippen LogP contribution in [0.25, 0.3) is 0 Å². The second kappa shape index (κ2) is 8.79. The monoisotopic (exact) mass is 364 g/mol. The number of piperazine rings is 1. The molecule has 0 atom stereocenters. The Morgan fingerprint density at radius 3 is 2.42 bits per heavy atom. The molecular formula is C21H24N4S. The number of hydrogen-bond donors (Lipinski definition) is 1. The maximum absolute atomic E-state index is 8.89. The molecule has 1 N–H and O–H groups in total. The average Bonchev–Trinajstić information content (AvgIpc) is 2.69. The van der Waals surface area contributed by atoms with Crippen molar-refractivity contribution in [2.75, 3.05) is 31.5 Å². The molecule has 3 rings (SSSR count). The van der Waals surface area contributed by atoms with Crippen molar-refractivity contribution in [1.29, 1.82) is 5.26 Å². The third kappa shape index (κ3) is 4.60. The summed E-state index contributed by atoms with van der Waals surface area (Å²) in [5.74, 6) is 0. The van der Waals surface area contributed by atoms with Gasteiger partial charge in [0.05, 0.1) is 11.6 Å². The number of para-hydroxylation sites is 1. The molecule has 26 heavy (non-hydrogen) atoms. The standard InChI is InChI=1S/C21H24N4S/c1-2-19-5-3-4-6-20(19)23-21(26)25-13-11-24(12-14-25)16-18-9-7-17(15-22)8-10-18/h3-10H,2,11-14,16H2,1H3,(H,23,26). The summed E-state index contributed by atoms with van der Waals surface area (Å²) in [6.45, 7) is 6.89. The molecule has 5 heteroatoms. The number of rotatable bonds is 4. The van der Waals surface area contributed by atoms with Crippen molar-refractivity contribution in [2.45, 2.75) is 19.9 Å². The van der Waals surface area contributed by atoms with E-state index in [-0.39, 0.29) is 0 Å². The SMILES string of the molecule is CCc1ccccc1NC(=S)N1CCN(Cc2ccc(C#N)cc2)CC1. The van der Waals surface area contributed by atoms with E-state index in [0.717, 1.165) is 49.9 Å². The number of benzene rings is 2. The van der Waals surface area contributed by atoms with E-state index in [1.807, 2.05) is 30.3 Å². The van der Waals surface area contributed by atoms with Crippen molar-refractivity contribution >= 4 is 23.0 Å². The van der Waals surface area contributed by atoms with Gasteiger partial charge in [-0.2, -0.15) is 5.26 Å². The molecule has 1 saturated heterocycles. The molecule has 0 amide bonds. The molecule has 1 heterocycles. The molecule has 2 aromatic rings. The van der Waals surface area contributed by atoms with Crippen LogP contribution in [0.2, 0.25) is 0 Å². The van der Waals surface area contributed by atoms with Gasteiger partial charge < -0.3 is 10.2 Å². The molecule has 0 saturated carbocycles. The molecular weight excluding hydrogens is 340 g/mol. The van der Waals surface area contributed by atoms with Gasteiger partial charge in [-0.3, -0.25) is 4.90 Å². The largest absolute Gasteiger partial charge is 0.346 e. The maximum Gasteiger partial charge on any atom is 0.173 e. The van der Waals surface area contributed by atoms with Crippen molar-refractivity contribution in [1.82, 2.24) is 9.80 Å². The lowest BCUT2D eigenvalue weighted by atomic mass is 10.1. The van der Waals surface area contributed by atoms with E-state index < -0.39 is 0 Å². The van der Waals surface area contributed by atoms with Crippen LogP contribution in [0, 0.1) is 11.3 Å². The van der Waals surface area contributed by atoms with Gasteiger partial charge >= 0.3 is 0 Å². The number of anilines is 1. The van der Waals surface area contributed by atoms with Crippen molar-refractivity contribution < 1.29 is 0 Å². The summed E-state index contributed by atoms with van der Waals surface area (Å²) in [5, 5.41) is 13.1. The minimum absolute atomic E-state index is 0.711. The molecule has 0 aliphatic carbocycles. The van der Waals surface area contributed by atoms with Crippen LogP contribution in [0.5, 0.6) is 0 Å². The highest BCUT2D eigenvalue weighted by molar-refractivity contribution is 7.80. The fourth-order valence-corrected chi connectivity index (χ4v) is 3.49. The van der Waals surface area contributed by atoms with Crippen LogP contribution >= 0.6 is 12.2 Å². The summed E-state index contributed by atoms with van der Waals surface area (Å²) in [7, 11) is 0. The van der Waals surface area contributed by atoms with Crippen LogP contribution in [-0.4, -0.2) is 41.1 Å². The van der Waals surface area contributed by atoms with Crippen molar-refractivity contribution in [2.24, 2.45) is 0 Å². The van der Waals surface area contributed by atoms with Crippen LogP contribution in [0.15, 0.2) is 48.5 Å². The zero-order valence-corrected chi connectivity index (χ0v) is 15.9. The number of thiocarbonyl (C=S) groups is 1. The normalized spacial score (nSPS) is 14.7. The van der Waals surface area contributed by atoms with Crippen molar-refractivity contribution in [3.63, 3.8) is 0 Å². The first-order chi connectivity index (χ1) is 12.7. The first kappa shape index (κ1) is 18.4. The highest BCUT2D eigenvalue weighted by Gasteiger charge is 2.19. The summed E-state index contributed by atoms with van der Waals surface area (Å²) in [4.78, 5) is 4.68. The molecule has 134 valence electrons. The van der Waals surface area contributed by atoms with Crippen LogP contribution < -0.4 is 5.32 Å². The van der Waals surface area contributed by atoms with Gasteiger partial charge in [0.1, 0.15) is 0 Å². The number of aryl methyl sites for hydroxylation is 1. The van der Waals surface area contributed by atoms with Crippen molar-refractivity contribution in [3.05, 3.63) is 65.2 Å². The smallest absolute Gasteiger partial charge is 0.173 e. The van der Waals surface area contributed by atoms with Crippen LogP contribution in [-0.2, 0) is 13.0 Å². The third-order valence-electron chi connectivity index (χ3n) is 4.79. The van der Waals surface area contributed by atoms with Gasteiger partial charge in [-0.1, -0.05) is 37.3 Å². The van der Waals surface area contributed by atoms with E-state index in [0.29, 0.717) is 5.56 Å². The van der Waals surface area contributed by atoms with E-state index in [1.54, 1.807) is 0 Å². The Hall–Kier alpha value is -2.42. The van der Waals surface area contributed by atoms with Gasteiger partial charge in [0.2, 0.25) is 0 Å². The Kier molecular flexibility index (Phi) is 6.21. The number of nitrogens with one attached hydrogen (secondary N) is 1. The molecule has 0 aromatic heterocycles. The fourth-order valence-electron chi connectivity index (χ4n) is 3.20. The summed E-state index contributed by atoms with van der Waals surface area (Å²) in [6, 6.07) is 18.3. The second-order valence-corrected chi connectivity index (χ2v) is 6.90. The lowest BCUT2D eigenvalue weighted by molar-refractivity contribution is 0.177. The topological polar surface area (TPSA) is 42.3 Å². The predicted molar refractivity (Wildman–Crippen MR) is 110 cm³/mol. The number of nitriles is 1. The minimum atomic E-state index is 0.711. The number of nitrogens with zero attached hydrogens (tertiary/aromatic N) is 3. The van der Waals surface area contributed by atoms with E-state index in [1.165, 1.54) is 11.1 Å². The molecule has 1 aliphatic heterocycles. The summed E-state index contributed by atoms with van der Waals surface area (Å²) in [5.41, 5.74) is 4.35. The Balaban J connectivity index is 1.51. The molecule has 0 radical (unpaired) electrons. The average molecular weight is 365 g/mol. The lowest BCUT2D eigenvalue weighted by Crippen LogP contribution is -2.49. The van der Waals surface area contributed by atoms with E-state index in [2.05, 4.69) is 46.3 Å². The highest BCUT2D eigenvalue weighted by atomic mass is 32.1. The quantitative estimate of drug-likeness (QED) is 0.839. The van der Waals surface area contributed by atoms with E-state index in [9.17, 15) is 0 Å². The van der Waals surface area contributed by atoms with Gasteiger partial charge in [0.15, 0.2) is 5.11 Å². The molecule has 1 fully saturated rings. The fraction of sp³-hybridized carbons (Fsp3) is 0.333. The molecule has 0 spiro atoms.